The third-order valence-electron chi connectivity index (χ3n) is 5.93. The number of ether oxygens (including phenoxy) is 2. The van der Waals surface area contributed by atoms with Crippen molar-refractivity contribution in [1.82, 2.24) is 9.80 Å². The number of piperidine rings is 1. The van der Waals surface area contributed by atoms with Gasteiger partial charge in [-0.05, 0) is 61.4 Å². The van der Waals surface area contributed by atoms with Gasteiger partial charge in [-0.15, -0.1) is 11.8 Å². The Balaban J connectivity index is 1.38. The first kappa shape index (κ1) is 21.4. The van der Waals surface area contributed by atoms with Crippen molar-refractivity contribution in [3.63, 3.8) is 0 Å². The van der Waals surface area contributed by atoms with E-state index < -0.39 is 0 Å². The summed E-state index contributed by atoms with van der Waals surface area (Å²) in [7, 11) is 3.22. The van der Waals surface area contributed by atoms with Gasteiger partial charge in [-0.2, -0.15) is 0 Å². The van der Waals surface area contributed by atoms with Gasteiger partial charge in [-0.25, -0.2) is 4.79 Å². The third-order valence-corrected chi connectivity index (χ3v) is 7.49. The first-order chi connectivity index (χ1) is 15.0. The van der Waals surface area contributed by atoms with Crippen LogP contribution in [-0.4, -0.2) is 66.2 Å². The van der Waals surface area contributed by atoms with E-state index in [0.717, 1.165) is 42.3 Å². The molecule has 2 saturated heterocycles. The number of amides is 3. The number of benzene rings is 2. The van der Waals surface area contributed by atoms with Crippen LogP contribution >= 0.6 is 11.8 Å². The molecule has 0 unspecified atom stereocenters. The van der Waals surface area contributed by atoms with Gasteiger partial charge in [0.25, 0.3) is 5.91 Å². The lowest BCUT2D eigenvalue weighted by Gasteiger charge is -2.44. The van der Waals surface area contributed by atoms with E-state index in [-0.39, 0.29) is 16.8 Å². The van der Waals surface area contributed by atoms with Crippen LogP contribution in [0.5, 0.6) is 11.5 Å². The molecule has 3 amide bonds. The molecule has 0 aromatic heterocycles. The number of carbonyl (C=O) groups excluding carboxylic acids is 2. The van der Waals surface area contributed by atoms with Crippen molar-refractivity contribution in [2.75, 3.05) is 44.9 Å². The van der Waals surface area contributed by atoms with Gasteiger partial charge in [-0.3, -0.25) is 4.79 Å². The van der Waals surface area contributed by atoms with Gasteiger partial charge in [0.2, 0.25) is 0 Å². The van der Waals surface area contributed by atoms with Crippen molar-refractivity contribution in [1.29, 1.82) is 0 Å². The number of rotatable bonds is 4. The number of thioether (sulfide) groups is 1. The molecule has 2 aliphatic rings. The molecule has 1 spiro atoms. The number of hydrogen-bond acceptors (Lipinski definition) is 5. The Morgan fingerprint density at radius 1 is 0.903 bits per heavy atom. The summed E-state index contributed by atoms with van der Waals surface area (Å²) in [5.41, 5.74) is 1.40. The zero-order valence-electron chi connectivity index (χ0n) is 17.8. The molecule has 4 rings (SSSR count). The highest BCUT2D eigenvalue weighted by molar-refractivity contribution is 8.00. The summed E-state index contributed by atoms with van der Waals surface area (Å²) in [6.07, 6.45) is 1.52. The normalized spacial score (nSPS) is 17.5. The number of anilines is 1. The van der Waals surface area contributed by atoms with Crippen LogP contribution in [0.2, 0.25) is 0 Å². The number of methoxy groups -OCH3 is 2. The minimum atomic E-state index is -0.242. The predicted molar refractivity (Wildman–Crippen MR) is 122 cm³/mol. The summed E-state index contributed by atoms with van der Waals surface area (Å²) in [5, 5.41) is 2.94. The van der Waals surface area contributed by atoms with Crippen LogP contribution in [-0.2, 0) is 0 Å². The monoisotopic (exact) mass is 441 g/mol. The summed E-state index contributed by atoms with van der Waals surface area (Å²) < 4.78 is 10.3. The minimum absolute atomic E-state index is 0.0452. The SMILES string of the molecule is COc1ccc(NC(=O)N2CCC3(CC2)SCCN3C(=O)c2ccc(OC)cc2)cc1. The molecule has 2 heterocycles. The summed E-state index contributed by atoms with van der Waals surface area (Å²) in [4.78, 5) is 29.5. The fourth-order valence-corrected chi connectivity index (χ4v) is 5.59. The van der Waals surface area contributed by atoms with Gasteiger partial charge < -0.3 is 24.6 Å². The van der Waals surface area contributed by atoms with Gasteiger partial charge in [0.15, 0.2) is 0 Å². The molecule has 2 aromatic rings. The summed E-state index contributed by atoms with van der Waals surface area (Å²) in [5.74, 6) is 2.44. The van der Waals surface area contributed by atoms with Crippen molar-refractivity contribution < 1.29 is 19.1 Å². The van der Waals surface area contributed by atoms with Crippen molar-refractivity contribution in [3.8, 4) is 11.5 Å². The molecule has 8 heteroatoms. The van der Waals surface area contributed by atoms with E-state index in [1.807, 2.05) is 70.1 Å². The van der Waals surface area contributed by atoms with Gasteiger partial charge in [0.05, 0.1) is 19.1 Å². The molecular formula is C23H27N3O4S. The molecule has 2 fully saturated rings. The molecular weight excluding hydrogens is 414 g/mol. The van der Waals surface area contributed by atoms with Crippen LogP contribution in [0, 0.1) is 0 Å². The quantitative estimate of drug-likeness (QED) is 0.779. The van der Waals surface area contributed by atoms with Crippen LogP contribution in [0.15, 0.2) is 48.5 Å². The maximum atomic E-state index is 13.2. The minimum Gasteiger partial charge on any atom is -0.497 e. The van der Waals surface area contributed by atoms with Crippen molar-refractivity contribution in [2.45, 2.75) is 17.7 Å². The predicted octanol–water partition coefficient (Wildman–Crippen LogP) is 3.92. The molecule has 0 saturated carbocycles. The van der Waals surface area contributed by atoms with Crippen LogP contribution in [0.1, 0.15) is 23.2 Å². The first-order valence-corrected chi connectivity index (χ1v) is 11.3. The lowest BCUT2D eigenvalue weighted by molar-refractivity contribution is 0.0585. The zero-order valence-corrected chi connectivity index (χ0v) is 18.6. The second-order valence-corrected chi connectivity index (χ2v) is 9.08. The molecule has 31 heavy (non-hydrogen) atoms. The van der Waals surface area contributed by atoms with Crippen LogP contribution in [0.3, 0.4) is 0 Å². The Bertz CT molecular complexity index is 925. The molecule has 2 aliphatic heterocycles. The van der Waals surface area contributed by atoms with E-state index in [2.05, 4.69) is 5.32 Å². The van der Waals surface area contributed by atoms with Gasteiger partial charge in [0, 0.05) is 36.6 Å². The highest BCUT2D eigenvalue weighted by atomic mass is 32.2. The number of hydrogen-bond donors (Lipinski definition) is 1. The van der Waals surface area contributed by atoms with Crippen molar-refractivity contribution >= 4 is 29.4 Å². The Labute approximate surface area is 186 Å². The lowest BCUT2D eigenvalue weighted by atomic mass is 10.0. The zero-order chi connectivity index (χ0) is 21.8. The second-order valence-electron chi connectivity index (χ2n) is 7.63. The standard InChI is InChI=1S/C23H27N3O4S/c1-29-19-7-3-17(4-8-19)21(27)26-15-16-31-23(26)11-13-25(14-12-23)22(28)24-18-5-9-20(30-2)10-6-18/h3-10H,11-16H2,1-2H3,(H,24,28). The molecule has 0 bridgehead atoms. The number of urea groups is 1. The fraction of sp³-hybridized carbons (Fsp3) is 0.391. The summed E-state index contributed by atoms with van der Waals surface area (Å²) in [6, 6.07) is 14.4. The number of nitrogens with one attached hydrogen (secondary N) is 1. The highest BCUT2D eigenvalue weighted by Crippen LogP contribution is 2.44. The van der Waals surface area contributed by atoms with Gasteiger partial charge in [0.1, 0.15) is 11.5 Å². The van der Waals surface area contributed by atoms with E-state index in [1.54, 1.807) is 14.2 Å². The Kier molecular flexibility index (Phi) is 6.27. The van der Waals surface area contributed by atoms with E-state index in [9.17, 15) is 9.59 Å². The number of likely N-dealkylation sites (tertiary alicyclic amines) is 1. The van der Waals surface area contributed by atoms with Gasteiger partial charge >= 0.3 is 6.03 Å². The van der Waals surface area contributed by atoms with Crippen LogP contribution in [0.25, 0.3) is 0 Å². The van der Waals surface area contributed by atoms with Crippen molar-refractivity contribution in [3.05, 3.63) is 54.1 Å². The topological polar surface area (TPSA) is 71.1 Å². The van der Waals surface area contributed by atoms with Crippen molar-refractivity contribution in [2.24, 2.45) is 0 Å². The maximum Gasteiger partial charge on any atom is 0.321 e. The molecule has 0 radical (unpaired) electrons. The molecule has 0 atom stereocenters. The fourth-order valence-electron chi connectivity index (χ4n) is 4.13. The molecule has 164 valence electrons. The number of carbonyl (C=O) groups is 2. The molecule has 7 nitrogen and oxygen atoms in total. The number of nitrogens with zero attached hydrogens (tertiary/aromatic N) is 2. The second kappa shape index (κ2) is 9.09. The summed E-state index contributed by atoms with van der Waals surface area (Å²) >= 11 is 1.83. The maximum absolute atomic E-state index is 13.2. The largest absolute Gasteiger partial charge is 0.497 e. The first-order valence-electron chi connectivity index (χ1n) is 10.3. The van der Waals surface area contributed by atoms with Gasteiger partial charge in [-0.1, -0.05) is 0 Å². The smallest absolute Gasteiger partial charge is 0.321 e. The van der Waals surface area contributed by atoms with E-state index in [1.165, 1.54) is 0 Å². The van der Waals surface area contributed by atoms with E-state index >= 15 is 0 Å². The Morgan fingerprint density at radius 3 is 2.06 bits per heavy atom. The van der Waals surface area contributed by atoms with Crippen LogP contribution in [0.4, 0.5) is 10.5 Å². The molecule has 1 N–H and O–H groups in total. The Hall–Kier alpha value is -2.87. The Morgan fingerprint density at radius 2 is 1.48 bits per heavy atom. The van der Waals surface area contributed by atoms with E-state index in [4.69, 9.17) is 9.47 Å². The molecule has 2 aromatic carbocycles. The highest BCUT2D eigenvalue weighted by Gasteiger charge is 2.47. The third kappa shape index (κ3) is 4.44. The molecule has 0 aliphatic carbocycles. The average molecular weight is 442 g/mol. The average Bonchev–Trinajstić information content (AvgIpc) is 3.22. The summed E-state index contributed by atoms with van der Waals surface area (Å²) in [6.45, 7) is 1.95. The van der Waals surface area contributed by atoms with Crippen LogP contribution < -0.4 is 14.8 Å². The van der Waals surface area contributed by atoms with E-state index in [0.29, 0.717) is 18.7 Å². The lowest BCUT2D eigenvalue weighted by Crippen LogP contribution is -2.54.